The highest BCUT2D eigenvalue weighted by atomic mass is 35.5. The second-order valence-electron chi connectivity index (χ2n) is 3.72. The largest absolute Gasteiger partial charge is 0.468 e. The molecule has 0 heterocycles. The molecular formula is C10H22ClNO2. The standard InChI is InChI=1S/C10H21NO2.ClH/c1-4-5-6-7-8-10(2,11)9(12)13-3;/h4-8,11H2,1-3H3;1H. The van der Waals surface area contributed by atoms with Gasteiger partial charge in [-0.1, -0.05) is 32.6 Å². The van der Waals surface area contributed by atoms with Crippen LogP contribution in [0.1, 0.15) is 46.0 Å². The van der Waals surface area contributed by atoms with E-state index in [-0.39, 0.29) is 18.4 Å². The maximum absolute atomic E-state index is 11.2. The van der Waals surface area contributed by atoms with Crippen molar-refractivity contribution in [2.45, 2.75) is 51.5 Å². The first-order chi connectivity index (χ1) is 6.04. The smallest absolute Gasteiger partial charge is 0.325 e. The summed E-state index contributed by atoms with van der Waals surface area (Å²) in [7, 11) is 1.37. The SMILES string of the molecule is CCCCCCC(C)(N)C(=O)OC.Cl. The lowest BCUT2D eigenvalue weighted by molar-refractivity contribution is -0.146. The molecule has 0 aliphatic heterocycles. The van der Waals surface area contributed by atoms with E-state index >= 15 is 0 Å². The summed E-state index contributed by atoms with van der Waals surface area (Å²) in [5.41, 5.74) is 4.98. The highest BCUT2D eigenvalue weighted by Crippen LogP contribution is 2.13. The Morgan fingerprint density at radius 2 is 1.93 bits per heavy atom. The first-order valence-corrected chi connectivity index (χ1v) is 4.92. The summed E-state index contributed by atoms with van der Waals surface area (Å²) in [5, 5.41) is 0. The van der Waals surface area contributed by atoms with E-state index in [1.165, 1.54) is 20.0 Å². The highest BCUT2D eigenvalue weighted by molar-refractivity contribution is 5.85. The van der Waals surface area contributed by atoms with Crippen molar-refractivity contribution < 1.29 is 9.53 Å². The minimum absolute atomic E-state index is 0. The number of carbonyl (C=O) groups excluding carboxylic acids is 1. The van der Waals surface area contributed by atoms with Gasteiger partial charge < -0.3 is 10.5 Å². The van der Waals surface area contributed by atoms with Gasteiger partial charge in [0, 0.05) is 0 Å². The molecule has 0 fully saturated rings. The second-order valence-corrected chi connectivity index (χ2v) is 3.72. The summed E-state index contributed by atoms with van der Waals surface area (Å²) in [6, 6.07) is 0. The Kier molecular flexibility index (Phi) is 9.31. The van der Waals surface area contributed by atoms with E-state index < -0.39 is 5.54 Å². The molecule has 1 unspecified atom stereocenters. The molecule has 3 nitrogen and oxygen atoms in total. The van der Waals surface area contributed by atoms with Crippen LogP contribution in [0.5, 0.6) is 0 Å². The number of methoxy groups -OCH3 is 1. The number of esters is 1. The van der Waals surface area contributed by atoms with Crippen molar-refractivity contribution in [3.05, 3.63) is 0 Å². The Morgan fingerprint density at radius 3 is 2.36 bits per heavy atom. The van der Waals surface area contributed by atoms with Crippen molar-refractivity contribution in [2.24, 2.45) is 5.73 Å². The molecule has 0 saturated carbocycles. The van der Waals surface area contributed by atoms with E-state index in [9.17, 15) is 4.79 Å². The van der Waals surface area contributed by atoms with Crippen molar-refractivity contribution in [1.82, 2.24) is 0 Å². The number of ether oxygens (including phenoxy) is 1. The molecule has 0 radical (unpaired) electrons. The van der Waals surface area contributed by atoms with Gasteiger partial charge in [-0.15, -0.1) is 12.4 Å². The summed E-state index contributed by atoms with van der Waals surface area (Å²) in [5.74, 6) is -0.316. The minimum Gasteiger partial charge on any atom is -0.468 e. The zero-order chi connectivity index (χ0) is 10.3. The number of carbonyl (C=O) groups is 1. The minimum atomic E-state index is -0.803. The van der Waals surface area contributed by atoms with Crippen LogP contribution in [0.4, 0.5) is 0 Å². The highest BCUT2D eigenvalue weighted by Gasteiger charge is 2.28. The number of hydrogen-bond donors (Lipinski definition) is 1. The van der Waals surface area contributed by atoms with E-state index in [1.807, 2.05) is 0 Å². The van der Waals surface area contributed by atoms with Crippen molar-refractivity contribution in [2.75, 3.05) is 7.11 Å². The van der Waals surface area contributed by atoms with E-state index in [4.69, 9.17) is 5.73 Å². The predicted molar refractivity (Wildman–Crippen MR) is 60.6 cm³/mol. The van der Waals surface area contributed by atoms with Crippen LogP contribution in [0.25, 0.3) is 0 Å². The molecule has 0 saturated heterocycles. The third-order valence-corrected chi connectivity index (χ3v) is 2.20. The van der Waals surface area contributed by atoms with Gasteiger partial charge in [0.1, 0.15) is 5.54 Å². The molecule has 0 bridgehead atoms. The van der Waals surface area contributed by atoms with Gasteiger partial charge in [-0.3, -0.25) is 4.79 Å². The fraction of sp³-hybridized carbons (Fsp3) is 0.900. The Bertz CT molecular complexity index is 160. The normalized spacial score (nSPS) is 14.0. The maximum atomic E-state index is 11.2. The van der Waals surface area contributed by atoms with Crippen LogP contribution in [0.2, 0.25) is 0 Å². The van der Waals surface area contributed by atoms with Crippen LogP contribution in [0, 0.1) is 0 Å². The lowest BCUT2D eigenvalue weighted by atomic mass is 9.95. The Morgan fingerprint density at radius 1 is 1.36 bits per heavy atom. The summed E-state index contributed by atoms with van der Waals surface area (Å²) in [6.07, 6.45) is 5.24. The van der Waals surface area contributed by atoms with Crippen LogP contribution in [-0.2, 0) is 9.53 Å². The molecule has 4 heteroatoms. The molecule has 0 aromatic carbocycles. The quantitative estimate of drug-likeness (QED) is 0.555. The van der Waals surface area contributed by atoms with E-state index in [0.29, 0.717) is 6.42 Å². The zero-order valence-electron chi connectivity index (χ0n) is 9.34. The van der Waals surface area contributed by atoms with Gasteiger partial charge in [-0.2, -0.15) is 0 Å². The van der Waals surface area contributed by atoms with Crippen molar-refractivity contribution in [1.29, 1.82) is 0 Å². The molecule has 0 aromatic heterocycles. The van der Waals surface area contributed by atoms with Crippen molar-refractivity contribution in [3.8, 4) is 0 Å². The third kappa shape index (κ3) is 6.22. The van der Waals surface area contributed by atoms with Gasteiger partial charge in [-0.05, 0) is 13.3 Å². The molecule has 0 aliphatic rings. The molecular weight excluding hydrogens is 202 g/mol. The van der Waals surface area contributed by atoms with Gasteiger partial charge in [-0.25, -0.2) is 0 Å². The molecule has 14 heavy (non-hydrogen) atoms. The van der Waals surface area contributed by atoms with Crippen LogP contribution < -0.4 is 5.73 Å². The average molecular weight is 224 g/mol. The Hall–Kier alpha value is -0.280. The fourth-order valence-electron chi connectivity index (χ4n) is 1.25. The number of unbranched alkanes of at least 4 members (excludes halogenated alkanes) is 3. The van der Waals surface area contributed by atoms with Crippen LogP contribution in [0.15, 0.2) is 0 Å². The van der Waals surface area contributed by atoms with Crippen molar-refractivity contribution >= 4 is 18.4 Å². The van der Waals surface area contributed by atoms with Gasteiger partial charge in [0.15, 0.2) is 0 Å². The van der Waals surface area contributed by atoms with Crippen molar-refractivity contribution in [3.63, 3.8) is 0 Å². The van der Waals surface area contributed by atoms with E-state index in [0.717, 1.165) is 12.8 Å². The first-order valence-electron chi connectivity index (χ1n) is 4.92. The van der Waals surface area contributed by atoms with Gasteiger partial charge in [0.2, 0.25) is 0 Å². The molecule has 86 valence electrons. The fourth-order valence-corrected chi connectivity index (χ4v) is 1.25. The summed E-state index contributed by atoms with van der Waals surface area (Å²) >= 11 is 0. The van der Waals surface area contributed by atoms with E-state index in [1.54, 1.807) is 6.92 Å². The number of hydrogen-bond acceptors (Lipinski definition) is 3. The molecule has 2 N–H and O–H groups in total. The zero-order valence-corrected chi connectivity index (χ0v) is 10.2. The summed E-state index contributed by atoms with van der Waals surface area (Å²) < 4.78 is 4.61. The van der Waals surface area contributed by atoms with Gasteiger partial charge >= 0.3 is 5.97 Å². The summed E-state index contributed by atoms with van der Waals surface area (Å²) in [6.45, 7) is 3.88. The molecule has 0 amide bonds. The van der Waals surface area contributed by atoms with Crippen LogP contribution >= 0.6 is 12.4 Å². The lowest BCUT2D eigenvalue weighted by Crippen LogP contribution is -2.45. The molecule has 1 atom stereocenters. The topological polar surface area (TPSA) is 52.3 Å². The lowest BCUT2D eigenvalue weighted by Gasteiger charge is -2.20. The molecule has 0 rings (SSSR count). The number of halogens is 1. The average Bonchev–Trinajstić information content (AvgIpc) is 2.11. The molecule has 0 aromatic rings. The Labute approximate surface area is 92.8 Å². The molecule has 0 spiro atoms. The number of nitrogens with two attached hydrogens (primary N) is 1. The van der Waals surface area contributed by atoms with Gasteiger partial charge in [0.05, 0.1) is 7.11 Å². The van der Waals surface area contributed by atoms with Gasteiger partial charge in [0.25, 0.3) is 0 Å². The summed E-state index contributed by atoms with van der Waals surface area (Å²) in [4.78, 5) is 11.2. The Balaban J connectivity index is 0. The third-order valence-electron chi connectivity index (χ3n) is 2.20. The first kappa shape index (κ1) is 16.2. The number of rotatable bonds is 6. The maximum Gasteiger partial charge on any atom is 0.325 e. The second kappa shape index (κ2) is 8.06. The van der Waals surface area contributed by atoms with Crippen LogP contribution in [-0.4, -0.2) is 18.6 Å². The molecule has 0 aliphatic carbocycles. The van der Waals surface area contributed by atoms with Crippen LogP contribution in [0.3, 0.4) is 0 Å². The van der Waals surface area contributed by atoms with E-state index in [2.05, 4.69) is 11.7 Å². The monoisotopic (exact) mass is 223 g/mol. The predicted octanol–water partition coefficient (Wildman–Crippen LogP) is 2.27.